The number of rotatable bonds is 2. The second kappa shape index (κ2) is 3.30. The molecule has 0 amide bonds. The van der Waals surface area contributed by atoms with E-state index in [0.717, 1.165) is 11.2 Å². The fourth-order valence-corrected chi connectivity index (χ4v) is 1.42. The summed E-state index contributed by atoms with van der Waals surface area (Å²) in [6.45, 7) is 3.55. The summed E-state index contributed by atoms with van der Waals surface area (Å²) >= 11 is 0. The van der Waals surface area contributed by atoms with E-state index >= 15 is 0 Å². The van der Waals surface area contributed by atoms with Gasteiger partial charge in [-0.3, -0.25) is 4.79 Å². The highest BCUT2D eigenvalue weighted by Crippen LogP contribution is 2.10. The van der Waals surface area contributed by atoms with Crippen LogP contribution in [-0.4, -0.2) is 30.7 Å². The number of carboxylic acid groups (broad SMARTS) is 1. The van der Waals surface area contributed by atoms with E-state index in [1.807, 2.05) is 0 Å². The summed E-state index contributed by atoms with van der Waals surface area (Å²) in [7, 11) is 0. The molecule has 2 rings (SSSR count). The molecule has 6 heteroatoms. The van der Waals surface area contributed by atoms with E-state index in [1.54, 1.807) is 20.0 Å². The highest BCUT2D eigenvalue weighted by atomic mass is 16.4. The van der Waals surface area contributed by atoms with Gasteiger partial charge < -0.3 is 5.11 Å². The van der Waals surface area contributed by atoms with E-state index in [2.05, 4.69) is 15.1 Å². The van der Waals surface area contributed by atoms with E-state index in [-0.39, 0.29) is 6.42 Å². The molecule has 0 radical (unpaired) electrons. The Labute approximate surface area is 85.6 Å². The second-order valence-electron chi connectivity index (χ2n) is 3.29. The summed E-state index contributed by atoms with van der Waals surface area (Å²) in [6.07, 6.45) is 1.52. The van der Waals surface area contributed by atoms with Gasteiger partial charge in [0.1, 0.15) is 23.6 Å². The van der Waals surface area contributed by atoms with Gasteiger partial charge in [-0.1, -0.05) is 0 Å². The zero-order chi connectivity index (χ0) is 11.0. The third kappa shape index (κ3) is 1.65. The smallest absolute Gasteiger partial charge is 0.311 e. The lowest BCUT2D eigenvalue weighted by molar-refractivity contribution is -0.136. The number of fused-ring (bicyclic) bond motifs is 1. The zero-order valence-corrected chi connectivity index (χ0v) is 8.43. The monoisotopic (exact) mass is 206 g/mol. The number of hydrogen-bond donors (Lipinski definition) is 1. The topological polar surface area (TPSA) is 80.4 Å². The predicted molar refractivity (Wildman–Crippen MR) is 51.6 cm³/mol. The average molecular weight is 206 g/mol. The van der Waals surface area contributed by atoms with Crippen molar-refractivity contribution in [1.82, 2.24) is 19.6 Å². The molecule has 2 aromatic heterocycles. The molecule has 78 valence electrons. The first-order valence-corrected chi connectivity index (χ1v) is 4.47. The number of nitrogens with zero attached hydrogens (tertiary/aromatic N) is 4. The third-order valence-corrected chi connectivity index (χ3v) is 2.07. The van der Waals surface area contributed by atoms with Crippen LogP contribution in [0, 0.1) is 13.8 Å². The third-order valence-electron chi connectivity index (χ3n) is 2.07. The maximum absolute atomic E-state index is 10.6. The molecule has 1 N–H and O–H groups in total. The van der Waals surface area contributed by atoms with Gasteiger partial charge >= 0.3 is 5.97 Å². The van der Waals surface area contributed by atoms with Crippen molar-refractivity contribution in [2.24, 2.45) is 0 Å². The Balaban J connectivity index is 2.64. The molecule has 0 spiro atoms. The maximum Gasteiger partial charge on any atom is 0.311 e. The van der Waals surface area contributed by atoms with Crippen LogP contribution in [0.25, 0.3) is 5.52 Å². The van der Waals surface area contributed by atoms with Crippen molar-refractivity contribution in [3.05, 3.63) is 23.5 Å². The van der Waals surface area contributed by atoms with Gasteiger partial charge in [0.2, 0.25) is 0 Å². The number of aliphatic carboxylic acids is 1. The molecule has 0 fully saturated rings. The Kier molecular flexibility index (Phi) is 2.11. The van der Waals surface area contributed by atoms with Crippen LogP contribution in [0.3, 0.4) is 0 Å². The number of imidazole rings is 1. The molecule has 15 heavy (non-hydrogen) atoms. The minimum atomic E-state index is -0.918. The Morgan fingerprint density at radius 1 is 1.53 bits per heavy atom. The van der Waals surface area contributed by atoms with Crippen LogP contribution in [-0.2, 0) is 11.2 Å². The Morgan fingerprint density at radius 2 is 2.27 bits per heavy atom. The molecule has 0 bridgehead atoms. The van der Waals surface area contributed by atoms with Gasteiger partial charge in [0, 0.05) is 0 Å². The van der Waals surface area contributed by atoms with Crippen LogP contribution < -0.4 is 0 Å². The molecule has 6 nitrogen and oxygen atoms in total. The van der Waals surface area contributed by atoms with Crippen LogP contribution in [0.15, 0.2) is 6.20 Å². The van der Waals surface area contributed by atoms with Crippen molar-refractivity contribution in [2.45, 2.75) is 20.3 Å². The van der Waals surface area contributed by atoms with Gasteiger partial charge in [0.15, 0.2) is 0 Å². The standard InChI is InChI=1S/C9H10N4O2/c1-5-7-4-10-6(2)12-13(7)8(11-5)3-9(14)15/h4H,3H2,1-2H3,(H,14,15). The van der Waals surface area contributed by atoms with Crippen LogP contribution in [0.4, 0.5) is 0 Å². The summed E-state index contributed by atoms with van der Waals surface area (Å²) in [6, 6.07) is 0. The first-order chi connectivity index (χ1) is 7.08. The van der Waals surface area contributed by atoms with Crippen molar-refractivity contribution in [3.8, 4) is 0 Å². The van der Waals surface area contributed by atoms with E-state index in [1.165, 1.54) is 4.52 Å². The number of carbonyl (C=O) groups is 1. The van der Waals surface area contributed by atoms with Crippen molar-refractivity contribution in [3.63, 3.8) is 0 Å². The fourth-order valence-electron chi connectivity index (χ4n) is 1.42. The normalized spacial score (nSPS) is 10.8. The molecule has 0 saturated carbocycles. The van der Waals surface area contributed by atoms with Gasteiger partial charge in [-0.2, -0.15) is 5.10 Å². The maximum atomic E-state index is 10.6. The average Bonchev–Trinajstić information content (AvgIpc) is 2.42. The van der Waals surface area contributed by atoms with Gasteiger partial charge in [-0.25, -0.2) is 14.5 Å². The quantitative estimate of drug-likeness (QED) is 0.767. The lowest BCUT2D eigenvalue weighted by Crippen LogP contribution is -2.07. The summed E-state index contributed by atoms with van der Waals surface area (Å²) in [4.78, 5) is 18.8. The molecular formula is C9H10N4O2. The molecule has 0 unspecified atom stereocenters. The Bertz CT molecular complexity index is 532. The van der Waals surface area contributed by atoms with Crippen LogP contribution in [0.5, 0.6) is 0 Å². The highest BCUT2D eigenvalue weighted by Gasteiger charge is 2.12. The molecule has 0 saturated heterocycles. The van der Waals surface area contributed by atoms with E-state index in [0.29, 0.717) is 11.6 Å². The Hall–Kier alpha value is -1.98. The van der Waals surface area contributed by atoms with Crippen molar-refractivity contribution in [1.29, 1.82) is 0 Å². The number of hydrogen-bond acceptors (Lipinski definition) is 4. The molecular weight excluding hydrogens is 196 g/mol. The summed E-state index contributed by atoms with van der Waals surface area (Å²) < 4.78 is 1.53. The molecule has 0 aliphatic carbocycles. The lowest BCUT2D eigenvalue weighted by atomic mass is 10.4. The van der Waals surface area contributed by atoms with Gasteiger partial charge in [-0.05, 0) is 13.8 Å². The Morgan fingerprint density at radius 3 is 2.93 bits per heavy atom. The van der Waals surface area contributed by atoms with E-state index < -0.39 is 5.97 Å². The number of aryl methyl sites for hydroxylation is 2. The van der Waals surface area contributed by atoms with Crippen LogP contribution in [0.1, 0.15) is 17.3 Å². The molecule has 0 aromatic carbocycles. The SMILES string of the molecule is Cc1ncc2c(C)nc(CC(=O)O)n2n1. The molecule has 0 aliphatic heterocycles. The van der Waals surface area contributed by atoms with Crippen molar-refractivity contribution < 1.29 is 9.90 Å². The van der Waals surface area contributed by atoms with Gasteiger partial charge in [0.05, 0.1) is 11.9 Å². The predicted octanol–water partition coefficient (Wildman–Crippen LogP) is 0.368. The fraction of sp³-hybridized carbons (Fsp3) is 0.333. The zero-order valence-electron chi connectivity index (χ0n) is 8.43. The van der Waals surface area contributed by atoms with Gasteiger partial charge in [-0.15, -0.1) is 0 Å². The number of carboxylic acids is 1. The van der Waals surface area contributed by atoms with Crippen molar-refractivity contribution in [2.75, 3.05) is 0 Å². The molecule has 0 aliphatic rings. The van der Waals surface area contributed by atoms with E-state index in [4.69, 9.17) is 5.11 Å². The molecule has 2 heterocycles. The first kappa shape index (κ1) is 9.57. The van der Waals surface area contributed by atoms with E-state index in [9.17, 15) is 4.79 Å². The van der Waals surface area contributed by atoms with Crippen LogP contribution in [0.2, 0.25) is 0 Å². The second-order valence-corrected chi connectivity index (χ2v) is 3.29. The summed E-state index contributed by atoms with van der Waals surface area (Å²) in [5.41, 5.74) is 1.49. The molecule has 0 atom stereocenters. The minimum absolute atomic E-state index is 0.133. The number of aromatic nitrogens is 4. The van der Waals surface area contributed by atoms with Crippen LogP contribution >= 0.6 is 0 Å². The minimum Gasteiger partial charge on any atom is -0.481 e. The largest absolute Gasteiger partial charge is 0.481 e. The lowest BCUT2D eigenvalue weighted by Gasteiger charge is -1.97. The highest BCUT2D eigenvalue weighted by molar-refractivity contribution is 5.69. The summed E-state index contributed by atoms with van der Waals surface area (Å²) in [5.74, 6) is 0.102. The van der Waals surface area contributed by atoms with Crippen molar-refractivity contribution >= 4 is 11.5 Å². The first-order valence-electron chi connectivity index (χ1n) is 4.47. The summed E-state index contributed by atoms with van der Waals surface area (Å²) in [5, 5.41) is 12.8. The van der Waals surface area contributed by atoms with Gasteiger partial charge in [0.25, 0.3) is 0 Å². The molecule has 2 aromatic rings.